The van der Waals surface area contributed by atoms with Gasteiger partial charge in [-0.2, -0.15) is 0 Å². The van der Waals surface area contributed by atoms with Crippen molar-refractivity contribution < 1.29 is 5.11 Å². The SMILES string of the molecule is C=CC(O)Cn1ccnn1. The molecule has 0 amide bonds. The molecule has 0 aromatic carbocycles. The van der Waals surface area contributed by atoms with Crippen LogP contribution in [0.2, 0.25) is 0 Å². The third kappa shape index (κ3) is 1.66. The summed E-state index contributed by atoms with van der Waals surface area (Å²) in [6, 6.07) is 0. The van der Waals surface area contributed by atoms with Crippen LogP contribution in [-0.4, -0.2) is 26.2 Å². The molecule has 0 radical (unpaired) electrons. The Bertz CT molecular complexity index is 195. The molecule has 4 heteroatoms. The number of nitrogens with zero attached hydrogens (tertiary/aromatic N) is 3. The van der Waals surface area contributed by atoms with Gasteiger partial charge in [0.05, 0.1) is 18.8 Å². The second-order valence-corrected chi connectivity index (χ2v) is 1.93. The zero-order valence-electron chi connectivity index (χ0n) is 5.51. The lowest BCUT2D eigenvalue weighted by Crippen LogP contribution is -2.13. The summed E-state index contributed by atoms with van der Waals surface area (Å²) in [5.74, 6) is 0. The van der Waals surface area contributed by atoms with E-state index in [0.717, 1.165) is 0 Å². The van der Waals surface area contributed by atoms with Crippen molar-refractivity contribution in [3.05, 3.63) is 25.0 Å². The largest absolute Gasteiger partial charge is 0.387 e. The van der Waals surface area contributed by atoms with Crippen molar-refractivity contribution in [1.29, 1.82) is 0 Å². The van der Waals surface area contributed by atoms with Gasteiger partial charge in [-0.05, 0) is 0 Å². The minimum atomic E-state index is -0.540. The van der Waals surface area contributed by atoms with Crippen LogP contribution in [0.1, 0.15) is 0 Å². The zero-order valence-corrected chi connectivity index (χ0v) is 5.51. The quantitative estimate of drug-likeness (QED) is 0.591. The Kier molecular flexibility index (Phi) is 2.17. The van der Waals surface area contributed by atoms with Gasteiger partial charge in [-0.25, -0.2) is 4.68 Å². The van der Waals surface area contributed by atoms with Crippen LogP contribution in [0.5, 0.6) is 0 Å². The minimum Gasteiger partial charge on any atom is -0.387 e. The molecule has 0 fully saturated rings. The molecule has 54 valence electrons. The van der Waals surface area contributed by atoms with Crippen LogP contribution >= 0.6 is 0 Å². The third-order valence-corrected chi connectivity index (χ3v) is 1.12. The predicted octanol–water partition coefficient (Wildman–Crippen LogP) is -0.175. The van der Waals surface area contributed by atoms with Gasteiger partial charge in [0.15, 0.2) is 0 Å². The van der Waals surface area contributed by atoms with Crippen molar-refractivity contribution in [2.45, 2.75) is 12.6 Å². The number of aliphatic hydroxyl groups excluding tert-OH is 1. The highest BCUT2D eigenvalue weighted by Crippen LogP contribution is 1.88. The standard InChI is InChI=1S/C6H9N3O/c1-2-6(10)5-9-4-3-7-8-9/h2-4,6,10H,1,5H2. The fraction of sp³-hybridized carbons (Fsp3) is 0.333. The van der Waals surface area contributed by atoms with Gasteiger partial charge >= 0.3 is 0 Å². The van der Waals surface area contributed by atoms with Crippen molar-refractivity contribution in [2.24, 2.45) is 0 Å². The maximum Gasteiger partial charge on any atom is 0.0914 e. The molecular formula is C6H9N3O. The molecule has 0 saturated heterocycles. The number of aliphatic hydroxyl groups is 1. The normalized spacial score (nSPS) is 12.9. The van der Waals surface area contributed by atoms with E-state index in [-0.39, 0.29) is 0 Å². The fourth-order valence-electron chi connectivity index (χ4n) is 0.596. The Hall–Kier alpha value is -1.16. The van der Waals surface area contributed by atoms with E-state index in [1.165, 1.54) is 6.08 Å². The van der Waals surface area contributed by atoms with Gasteiger partial charge in [0, 0.05) is 6.20 Å². The van der Waals surface area contributed by atoms with Crippen LogP contribution in [-0.2, 0) is 6.54 Å². The Balaban J connectivity index is 2.47. The first kappa shape index (κ1) is 6.95. The second-order valence-electron chi connectivity index (χ2n) is 1.93. The van der Waals surface area contributed by atoms with Crippen LogP contribution in [0.15, 0.2) is 25.0 Å². The maximum atomic E-state index is 9.02. The molecule has 0 bridgehead atoms. The van der Waals surface area contributed by atoms with Crippen LogP contribution in [0.25, 0.3) is 0 Å². The number of hydrogen-bond acceptors (Lipinski definition) is 3. The summed E-state index contributed by atoms with van der Waals surface area (Å²) in [5, 5.41) is 16.3. The first-order valence-electron chi connectivity index (χ1n) is 2.97. The molecule has 10 heavy (non-hydrogen) atoms. The molecule has 1 unspecified atom stereocenters. The van der Waals surface area contributed by atoms with Gasteiger partial charge in [-0.15, -0.1) is 11.7 Å². The Labute approximate surface area is 58.8 Å². The van der Waals surface area contributed by atoms with Gasteiger partial charge < -0.3 is 5.11 Å². The van der Waals surface area contributed by atoms with Gasteiger partial charge in [0.1, 0.15) is 0 Å². The molecule has 0 saturated carbocycles. The highest BCUT2D eigenvalue weighted by molar-refractivity contribution is 4.78. The van der Waals surface area contributed by atoms with E-state index >= 15 is 0 Å². The minimum absolute atomic E-state index is 0.420. The second kappa shape index (κ2) is 3.12. The lowest BCUT2D eigenvalue weighted by atomic mass is 10.3. The van der Waals surface area contributed by atoms with Gasteiger partial charge in [-0.3, -0.25) is 0 Å². The first-order valence-corrected chi connectivity index (χ1v) is 2.97. The van der Waals surface area contributed by atoms with E-state index in [1.807, 2.05) is 0 Å². The average Bonchev–Trinajstić information content (AvgIpc) is 2.40. The molecule has 1 heterocycles. The van der Waals surface area contributed by atoms with Crippen molar-refractivity contribution in [1.82, 2.24) is 15.0 Å². The molecule has 0 aliphatic heterocycles. The molecule has 1 rings (SSSR count). The summed E-state index contributed by atoms with van der Waals surface area (Å²) >= 11 is 0. The lowest BCUT2D eigenvalue weighted by Gasteiger charge is -2.02. The topological polar surface area (TPSA) is 50.9 Å². The first-order chi connectivity index (χ1) is 4.83. The molecule has 0 aliphatic rings. The number of aromatic nitrogens is 3. The average molecular weight is 139 g/mol. The van der Waals surface area contributed by atoms with E-state index < -0.39 is 6.10 Å². The van der Waals surface area contributed by atoms with E-state index in [1.54, 1.807) is 17.1 Å². The Morgan fingerprint density at radius 1 is 1.80 bits per heavy atom. The van der Waals surface area contributed by atoms with Gasteiger partial charge in [0.2, 0.25) is 0 Å². The Morgan fingerprint density at radius 3 is 3.10 bits per heavy atom. The van der Waals surface area contributed by atoms with E-state index in [0.29, 0.717) is 6.54 Å². The van der Waals surface area contributed by atoms with Crippen LogP contribution in [0.4, 0.5) is 0 Å². The monoisotopic (exact) mass is 139 g/mol. The molecule has 1 N–H and O–H groups in total. The highest BCUT2D eigenvalue weighted by atomic mass is 16.3. The number of rotatable bonds is 3. The molecular weight excluding hydrogens is 130 g/mol. The fourth-order valence-corrected chi connectivity index (χ4v) is 0.596. The van der Waals surface area contributed by atoms with Crippen molar-refractivity contribution >= 4 is 0 Å². The molecule has 1 aromatic heterocycles. The van der Waals surface area contributed by atoms with Crippen LogP contribution in [0.3, 0.4) is 0 Å². The summed E-state index contributed by atoms with van der Waals surface area (Å²) in [5.41, 5.74) is 0. The molecule has 4 nitrogen and oxygen atoms in total. The van der Waals surface area contributed by atoms with Gasteiger partial charge in [-0.1, -0.05) is 11.3 Å². The molecule has 1 aromatic rings. The highest BCUT2D eigenvalue weighted by Gasteiger charge is 1.98. The van der Waals surface area contributed by atoms with Crippen molar-refractivity contribution in [3.63, 3.8) is 0 Å². The smallest absolute Gasteiger partial charge is 0.0914 e. The Morgan fingerprint density at radius 2 is 2.60 bits per heavy atom. The molecule has 1 atom stereocenters. The number of hydrogen-bond donors (Lipinski definition) is 1. The zero-order chi connectivity index (χ0) is 7.40. The molecule has 0 aliphatic carbocycles. The third-order valence-electron chi connectivity index (χ3n) is 1.12. The van der Waals surface area contributed by atoms with E-state index in [2.05, 4.69) is 16.9 Å². The van der Waals surface area contributed by atoms with Crippen LogP contribution < -0.4 is 0 Å². The summed E-state index contributed by atoms with van der Waals surface area (Å²) in [6.07, 6.45) is 4.17. The van der Waals surface area contributed by atoms with E-state index in [9.17, 15) is 0 Å². The molecule has 0 spiro atoms. The van der Waals surface area contributed by atoms with Crippen LogP contribution in [0, 0.1) is 0 Å². The van der Waals surface area contributed by atoms with Gasteiger partial charge in [0.25, 0.3) is 0 Å². The summed E-state index contributed by atoms with van der Waals surface area (Å²) in [7, 11) is 0. The lowest BCUT2D eigenvalue weighted by molar-refractivity contribution is 0.195. The van der Waals surface area contributed by atoms with Crippen molar-refractivity contribution in [3.8, 4) is 0 Å². The summed E-state index contributed by atoms with van der Waals surface area (Å²) < 4.78 is 1.55. The van der Waals surface area contributed by atoms with E-state index in [4.69, 9.17) is 5.11 Å². The van der Waals surface area contributed by atoms with Crippen molar-refractivity contribution in [2.75, 3.05) is 0 Å². The summed E-state index contributed by atoms with van der Waals surface area (Å²) in [4.78, 5) is 0. The predicted molar refractivity (Wildman–Crippen MR) is 36.2 cm³/mol. The summed E-state index contributed by atoms with van der Waals surface area (Å²) in [6.45, 7) is 3.85. The maximum absolute atomic E-state index is 9.02.